The molecule has 0 fully saturated rings. The summed E-state index contributed by atoms with van der Waals surface area (Å²) in [6, 6.07) is 18.6. The van der Waals surface area contributed by atoms with Crippen LogP contribution in [0.25, 0.3) is 0 Å². The average Bonchev–Trinajstić information content (AvgIpc) is 3.32. The zero-order chi connectivity index (χ0) is 21.3. The van der Waals surface area contributed by atoms with E-state index in [4.69, 9.17) is 9.15 Å². The lowest BCUT2D eigenvalue weighted by Gasteiger charge is -2.17. The molecule has 1 heterocycles. The van der Waals surface area contributed by atoms with Gasteiger partial charge in [-0.05, 0) is 29.7 Å². The average molecular weight is 405 g/mol. The molecule has 0 spiro atoms. The van der Waals surface area contributed by atoms with Crippen LogP contribution in [0.4, 0.5) is 0 Å². The van der Waals surface area contributed by atoms with Crippen LogP contribution in [0.1, 0.15) is 39.0 Å². The van der Waals surface area contributed by atoms with Gasteiger partial charge in [0.15, 0.2) is 18.2 Å². The van der Waals surface area contributed by atoms with Crippen molar-refractivity contribution in [2.75, 3.05) is 6.61 Å². The Morgan fingerprint density at radius 3 is 2.30 bits per heavy atom. The molecule has 2 aromatic carbocycles. The molecule has 0 radical (unpaired) electrons. The van der Waals surface area contributed by atoms with Crippen molar-refractivity contribution in [3.05, 3.63) is 95.4 Å². The normalized spacial score (nSPS) is 11.5. The molecule has 1 atom stereocenters. The molecule has 154 valence electrons. The molecule has 1 amide bonds. The van der Waals surface area contributed by atoms with Crippen molar-refractivity contribution in [2.45, 2.75) is 25.8 Å². The summed E-state index contributed by atoms with van der Waals surface area (Å²) in [5.74, 6) is -1.42. The first-order valence-electron chi connectivity index (χ1n) is 9.74. The van der Waals surface area contributed by atoms with E-state index in [1.807, 2.05) is 49.4 Å². The number of Topliss-reactive ketones (excluding diaryl/α,β-unsaturated/α-hetero) is 1. The number of benzene rings is 2. The Morgan fingerprint density at radius 2 is 1.67 bits per heavy atom. The van der Waals surface area contributed by atoms with Gasteiger partial charge < -0.3 is 14.5 Å². The highest BCUT2D eigenvalue weighted by atomic mass is 16.5. The molecule has 6 nitrogen and oxygen atoms in total. The lowest BCUT2D eigenvalue weighted by Crippen LogP contribution is -2.43. The van der Waals surface area contributed by atoms with Crippen LogP contribution in [0.5, 0.6) is 0 Å². The van der Waals surface area contributed by atoms with E-state index in [1.54, 1.807) is 18.2 Å². The van der Waals surface area contributed by atoms with E-state index in [-0.39, 0.29) is 18.0 Å². The van der Waals surface area contributed by atoms with Crippen LogP contribution in [0.3, 0.4) is 0 Å². The molecule has 0 aliphatic rings. The van der Waals surface area contributed by atoms with Gasteiger partial charge >= 0.3 is 5.97 Å². The lowest BCUT2D eigenvalue weighted by molar-refractivity contribution is -0.144. The quantitative estimate of drug-likeness (QED) is 0.434. The zero-order valence-corrected chi connectivity index (χ0v) is 16.7. The van der Waals surface area contributed by atoms with Crippen molar-refractivity contribution >= 4 is 17.7 Å². The largest absolute Gasteiger partial charge is 0.459 e. The molecule has 0 bridgehead atoms. The number of aryl methyl sites for hydroxylation is 1. The maximum Gasteiger partial charge on any atom is 0.329 e. The van der Waals surface area contributed by atoms with E-state index in [9.17, 15) is 14.4 Å². The highest BCUT2D eigenvalue weighted by molar-refractivity contribution is 5.99. The monoisotopic (exact) mass is 405 g/mol. The number of hydrogen-bond acceptors (Lipinski definition) is 5. The van der Waals surface area contributed by atoms with Crippen molar-refractivity contribution in [1.82, 2.24) is 5.32 Å². The van der Waals surface area contributed by atoms with Gasteiger partial charge in [-0.25, -0.2) is 4.79 Å². The summed E-state index contributed by atoms with van der Waals surface area (Å²) >= 11 is 0. The van der Waals surface area contributed by atoms with Gasteiger partial charge in [0, 0.05) is 12.0 Å². The van der Waals surface area contributed by atoms with Gasteiger partial charge in [-0.3, -0.25) is 9.59 Å². The molecule has 1 N–H and O–H groups in total. The summed E-state index contributed by atoms with van der Waals surface area (Å²) < 4.78 is 10.3. The zero-order valence-electron chi connectivity index (χ0n) is 16.7. The Balaban J connectivity index is 1.65. The number of nitrogens with one attached hydrogen (secondary N) is 1. The van der Waals surface area contributed by atoms with Gasteiger partial charge in [0.1, 0.15) is 6.04 Å². The van der Waals surface area contributed by atoms with Gasteiger partial charge in [0.05, 0.1) is 6.26 Å². The third kappa shape index (κ3) is 5.67. The maximum absolute atomic E-state index is 12.7. The van der Waals surface area contributed by atoms with Crippen LogP contribution >= 0.6 is 0 Å². The Labute approximate surface area is 174 Å². The maximum atomic E-state index is 12.7. The molecule has 0 aliphatic carbocycles. The first-order valence-corrected chi connectivity index (χ1v) is 9.74. The number of ketones is 1. The Bertz CT molecular complexity index is 978. The van der Waals surface area contributed by atoms with Crippen LogP contribution in [0.15, 0.2) is 77.4 Å². The number of hydrogen-bond donors (Lipinski definition) is 1. The van der Waals surface area contributed by atoms with Crippen molar-refractivity contribution in [2.24, 2.45) is 0 Å². The molecule has 30 heavy (non-hydrogen) atoms. The Morgan fingerprint density at radius 1 is 0.933 bits per heavy atom. The summed E-state index contributed by atoms with van der Waals surface area (Å²) in [4.78, 5) is 37.4. The van der Waals surface area contributed by atoms with Gasteiger partial charge in [-0.15, -0.1) is 0 Å². The van der Waals surface area contributed by atoms with Crippen LogP contribution in [-0.2, 0) is 22.4 Å². The summed E-state index contributed by atoms with van der Waals surface area (Å²) in [5.41, 5.74) is 2.44. The molecule has 0 unspecified atom stereocenters. The number of ether oxygens (including phenoxy) is 1. The smallest absolute Gasteiger partial charge is 0.329 e. The molecule has 3 rings (SSSR count). The summed E-state index contributed by atoms with van der Waals surface area (Å²) in [6.45, 7) is 1.63. The van der Waals surface area contributed by atoms with Crippen molar-refractivity contribution in [3.8, 4) is 0 Å². The molecule has 0 saturated carbocycles. The topological polar surface area (TPSA) is 85.6 Å². The van der Waals surface area contributed by atoms with Crippen LogP contribution in [-0.4, -0.2) is 30.3 Å². The van der Waals surface area contributed by atoms with E-state index < -0.39 is 24.5 Å². The van der Waals surface area contributed by atoms with Crippen molar-refractivity contribution in [3.63, 3.8) is 0 Å². The Hall–Kier alpha value is -3.67. The first-order chi connectivity index (χ1) is 14.6. The van der Waals surface area contributed by atoms with E-state index in [0.717, 1.165) is 17.5 Å². The summed E-state index contributed by atoms with van der Waals surface area (Å²) in [5, 5.41) is 2.63. The van der Waals surface area contributed by atoms with Gasteiger partial charge in [-0.2, -0.15) is 0 Å². The van der Waals surface area contributed by atoms with Crippen LogP contribution in [0.2, 0.25) is 0 Å². The minimum absolute atomic E-state index is 0.0907. The Kier molecular flexibility index (Phi) is 7.16. The molecular weight excluding hydrogens is 382 g/mol. The predicted octanol–water partition coefficient (Wildman–Crippen LogP) is 3.61. The minimum Gasteiger partial charge on any atom is -0.459 e. The molecule has 6 heteroatoms. The first kappa shape index (κ1) is 21.0. The van der Waals surface area contributed by atoms with E-state index in [1.165, 1.54) is 12.3 Å². The number of amides is 1. The molecule has 3 aromatic rings. The molecular formula is C24H23NO5. The predicted molar refractivity (Wildman–Crippen MR) is 111 cm³/mol. The van der Waals surface area contributed by atoms with Gasteiger partial charge in [0.2, 0.25) is 0 Å². The molecule has 0 aliphatic heterocycles. The number of esters is 1. The minimum atomic E-state index is -0.958. The molecule has 0 saturated heterocycles. The van der Waals surface area contributed by atoms with Crippen LogP contribution in [0, 0.1) is 0 Å². The lowest BCUT2D eigenvalue weighted by atomic mass is 10.1. The third-order valence-electron chi connectivity index (χ3n) is 4.65. The number of carbonyl (C=O) groups is 3. The number of carbonyl (C=O) groups excluding carboxylic acids is 3. The van der Waals surface area contributed by atoms with Gasteiger partial charge in [0.25, 0.3) is 5.91 Å². The highest BCUT2D eigenvalue weighted by Crippen LogP contribution is 2.09. The van der Waals surface area contributed by atoms with E-state index >= 15 is 0 Å². The van der Waals surface area contributed by atoms with Gasteiger partial charge in [-0.1, -0.05) is 61.5 Å². The highest BCUT2D eigenvalue weighted by Gasteiger charge is 2.25. The van der Waals surface area contributed by atoms with Crippen molar-refractivity contribution < 1.29 is 23.5 Å². The fraction of sp³-hybridized carbons (Fsp3) is 0.208. The second-order valence-corrected chi connectivity index (χ2v) is 6.77. The van der Waals surface area contributed by atoms with E-state index in [0.29, 0.717) is 5.56 Å². The van der Waals surface area contributed by atoms with E-state index in [2.05, 4.69) is 5.32 Å². The number of furan rings is 1. The fourth-order valence-corrected chi connectivity index (χ4v) is 2.93. The third-order valence-corrected chi connectivity index (χ3v) is 4.65. The van der Waals surface area contributed by atoms with Crippen LogP contribution < -0.4 is 5.32 Å². The second kappa shape index (κ2) is 10.2. The second-order valence-electron chi connectivity index (χ2n) is 6.77. The SMILES string of the molecule is CCc1ccc(C(=O)COC(=O)[C@H](Cc2ccccc2)NC(=O)c2ccco2)cc1. The fourth-order valence-electron chi connectivity index (χ4n) is 2.93. The molecule has 1 aromatic heterocycles. The number of rotatable bonds is 9. The van der Waals surface area contributed by atoms with Crippen molar-refractivity contribution in [1.29, 1.82) is 0 Å². The standard InChI is InChI=1S/C24H23NO5/c1-2-17-10-12-19(13-11-17)21(26)16-30-24(28)20(15-18-7-4-3-5-8-18)25-23(27)22-9-6-14-29-22/h3-14,20H,2,15-16H2,1H3,(H,25,27)/t20-/m0/s1. The summed E-state index contributed by atoms with van der Waals surface area (Å²) in [7, 11) is 0. The summed E-state index contributed by atoms with van der Waals surface area (Å²) in [6.07, 6.45) is 2.48.